The molecule has 78 valence electrons. The molecule has 0 aliphatic rings. The van der Waals surface area contributed by atoms with Crippen LogP contribution in [-0.2, 0) is 0 Å². The molecule has 0 bridgehead atoms. The SMILES string of the molecule is N#Cc1ccc(-c2cccc(Cl)c2)cc1N. The maximum atomic E-state index is 8.77. The Morgan fingerprint density at radius 2 is 1.81 bits per heavy atom. The van der Waals surface area contributed by atoms with Crippen molar-refractivity contribution in [2.75, 3.05) is 5.73 Å². The van der Waals surface area contributed by atoms with E-state index in [0.717, 1.165) is 11.1 Å². The Morgan fingerprint density at radius 1 is 1.06 bits per heavy atom. The lowest BCUT2D eigenvalue weighted by atomic mass is 10.0. The monoisotopic (exact) mass is 228 g/mol. The van der Waals surface area contributed by atoms with Crippen molar-refractivity contribution in [3.05, 3.63) is 53.1 Å². The van der Waals surface area contributed by atoms with Crippen LogP contribution >= 0.6 is 11.6 Å². The van der Waals surface area contributed by atoms with Crippen LogP contribution in [0.5, 0.6) is 0 Å². The Labute approximate surface area is 98.9 Å². The van der Waals surface area contributed by atoms with Crippen molar-refractivity contribution >= 4 is 17.3 Å². The molecule has 0 amide bonds. The fraction of sp³-hybridized carbons (Fsp3) is 0. The van der Waals surface area contributed by atoms with Gasteiger partial charge in [-0.05, 0) is 35.4 Å². The minimum atomic E-state index is 0.486. The van der Waals surface area contributed by atoms with E-state index in [-0.39, 0.29) is 0 Å². The van der Waals surface area contributed by atoms with Crippen molar-refractivity contribution in [2.45, 2.75) is 0 Å². The molecule has 0 saturated carbocycles. The highest BCUT2D eigenvalue weighted by atomic mass is 35.5. The molecule has 0 fully saturated rings. The molecule has 2 nitrogen and oxygen atoms in total. The van der Waals surface area contributed by atoms with Gasteiger partial charge >= 0.3 is 0 Å². The maximum absolute atomic E-state index is 8.77. The third-order valence-corrected chi connectivity index (χ3v) is 2.57. The first-order valence-corrected chi connectivity index (χ1v) is 5.14. The van der Waals surface area contributed by atoms with Gasteiger partial charge in [-0.1, -0.05) is 29.8 Å². The Bertz CT molecular complexity index is 570. The molecular weight excluding hydrogens is 220 g/mol. The zero-order valence-corrected chi connectivity index (χ0v) is 9.20. The standard InChI is InChI=1S/C13H9ClN2/c14-12-3-1-2-9(6-12)10-4-5-11(8-15)13(16)7-10/h1-7H,16H2. The van der Waals surface area contributed by atoms with Gasteiger partial charge in [0.15, 0.2) is 0 Å². The van der Waals surface area contributed by atoms with Crippen LogP contribution in [0.25, 0.3) is 11.1 Å². The van der Waals surface area contributed by atoms with Gasteiger partial charge in [0, 0.05) is 5.02 Å². The van der Waals surface area contributed by atoms with Gasteiger partial charge < -0.3 is 5.73 Å². The van der Waals surface area contributed by atoms with Gasteiger partial charge in [-0.15, -0.1) is 0 Å². The Kier molecular flexibility index (Phi) is 2.80. The average Bonchev–Trinajstić information content (AvgIpc) is 2.29. The molecule has 2 N–H and O–H groups in total. The molecule has 0 radical (unpaired) electrons. The molecule has 2 aromatic rings. The van der Waals surface area contributed by atoms with Gasteiger partial charge in [0.2, 0.25) is 0 Å². The van der Waals surface area contributed by atoms with Gasteiger partial charge in [-0.3, -0.25) is 0 Å². The molecule has 0 unspecified atom stereocenters. The molecule has 2 aromatic carbocycles. The first-order chi connectivity index (χ1) is 7.70. The van der Waals surface area contributed by atoms with Crippen LogP contribution < -0.4 is 5.73 Å². The first-order valence-electron chi connectivity index (χ1n) is 4.76. The number of nitrogens with two attached hydrogens (primary N) is 1. The molecule has 0 atom stereocenters. The van der Waals surface area contributed by atoms with E-state index >= 15 is 0 Å². The van der Waals surface area contributed by atoms with E-state index in [2.05, 4.69) is 0 Å². The van der Waals surface area contributed by atoms with Gasteiger partial charge in [-0.2, -0.15) is 5.26 Å². The highest BCUT2D eigenvalue weighted by molar-refractivity contribution is 6.30. The van der Waals surface area contributed by atoms with Crippen LogP contribution in [0.3, 0.4) is 0 Å². The third-order valence-electron chi connectivity index (χ3n) is 2.33. The summed E-state index contributed by atoms with van der Waals surface area (Å²) in [5.41, 5.74) is 8.68. The third kappa shape index (κ3) is 2.00. The summed E-state index contributed by atoms with van der Waals surface area (Å²) in [5, 5.41) is 9.45. The predicted molar refractivity (Wildman–Crippen MR) is 66.0 cm³/mol. The lowest BCUT2D eigenvalue weighted by Gasteiger charge is -2.04. The number of rotatable bonds is 1. The zero-order chi connectivity index (χ0) is 11.5. The van der Waals surface area contributed by atoms with Crippen LogP contribution in [0.2, 0.25) is 5.02 Å². The zero-order valence-electron chi connectivity index (χ0n) is 8.44. The quantitative estimate of drug-likeness (QED) is 0.760. The molecule has 16 heavy (non-hydrogen) atoms. The van der Waals surface area contributed by atoms with Crippen LogP contribution in [0.4, 0.5) is 5.69 Å². The summed E-state index contributed by atoms with van der Waals surface area (Å²) in [6.07, 6.45) is 0. The topological polar surface area (TPSA) is 49.8 Å². The molecule has 0 heterocycles. The van der Waals surface area contributed by atoms with Gasteiger partial charge in [0.1, 0.15) is 6.07 Å². The van der Waals surface area contributed by atoms with Crippen molar-refractivity contribution < 1.29 is 0 Å². The minimum Gasteiger partial charge on any atom is -0.398 e. The second-order valence-electron chi connectivity index (χ2n) is 3.42. The second-order valence-corrected chi connectivity index (χ2v) is 3.86. The highest BCUT2D eigenvalue weighted by Gasteiger charge is 2.02. The molecule has 2 rings (SSSR count). The number of benzene rings is 2. The van der Waals surface area contributed by atoms with E-state index < -0.39 is 0 Å². The number of halogens is 1. The summed E-state index contributed by atoms with van der Waals surface area (Å²) in [6, 6.07) is 14.9. The normalized spacial score (nSPS) is 9.75. The number of nitriles is 1. The van der Waals surface area contributed by atoms with Crippen molar-refractivity contribution in [3.8, 4) is 17.2 Å². The number of nitrogens with zero attached hydrogens (tertiary/aromatic N) is 1. The molecule has 3 heteroatoms. The molecule has 0 saturated heterocycles. The van der Waals surface area contributed by atoms with E-state index in [4.69, 9.17) is 22.6 Å². The number of hydrogen-bond donors (Lipinski definition) is 1. The van der Waals surface area contributed by atoms with Gasteiger partial charge in [0.05, 0.1) is 11.3 Å². The minimum absolute atomic E-state index is 0.486. The smallest absolute Gasteiger partial charge is 0.101 e. The Morgan fingerprint density at radius 3 is 2.44 bits per heavy atom. The van der Waals surface area contributed by atoms with Gasteiger partial charge in [0.25, 0.3) is 0 Å². The summed E-state index contributed by atoms with van der Waals surface area (Å²) >= 11 is 5.91. The van der Waals surface area contributed by atoms with E-state index in [1.807, 2.05) is 36.4 Å². The fourth-order valence-corrected chi connectivity index (χ4v) is 1.70. The van der Waals surface area contributed by atoms with Crippen molar-refractivity contribution in [1.29, 1.82) is 5.26 Å². The van der Waals surface area contributed by atoms with E-state index in [1.165, 1.54) is 0 Å². The van der Waals surface area contributed by atoms with Crippen molar-refractivity contribution in [1.82, 2.24) is 0 Å². The fourth-order valence-electron chi connectivity index (χ4n) is 1.51. The number of anilines is 1. The number of hydrogen-bond acceptors (Lipinski definition) is 2. The van der Waals surface area contributed by atoms with Crippen LogP contribution in [0.1, 0.15) is 5.56 Å². The van der Waals surface area contributed by atoms with Crippen LogP contribution in [0.15, 0.2) is 42.5 Å². The van der Waals surface area contributed by atoms with E-state index in [0.29, 0.717) is 16.3 Å². The lowest BCUT2D eigenvalue weighted by molar-refractivity contribution is 1.48. The predicted octanol–water partition coefficient (Wildman–Crippen LogP) is 3.46. The van der Waals surface area contributed by atoms with Gasteiger partial charge in [-0.25, -0.2) is 0 Å². The highest BCUT2D eigenvalue weighted by Crippen LogP contribution is 2.25. The van der Waals surface area contributed by atoms with E-state index in [9.17, 15) is 0 Å². The average molecular weight is 229 g/mol. The van der Waals surface area contributed by atoms with Crippen molar-refractivity contribution in [3.63, 3.8) is 0 Å². The summed E-state index contributed by atoms with van der Waals surface area (Å²) in [6.45, 7) is 0. The maximum Gasteiger partial charge on any atom is 0.101 e. The number of nitrogen functional groups attached to an aromatic ring is 1. The van der Waals surface area contributed by atoms with E-state index in [1.54, 1.807) is 12.1 Å². The van der Waals surface area contributed by atoms with Crippen LogP contribution in [-0.4, -0.2) is 0 Å². The second kappa shape index (κ2) is 4.26. The molecule has 0 aliphatic carbocycles. The Hall–Kier alpha value is -1.98. The summed E-state index contributed by atoms with van der Waals surface area (Å²) < 4.78 is 0. The van der Waals surface area contributed by atoms with Crippen LogP contribution in [0, 0.1) is 11.3 Å². The molecule has 0 spiro atoms. The lowest BCUT2D eigenvalue weighted by Crippen LogP contribution is -1.90. The van der Waals surface area contributed by atoms with Crippen molar-refractivity contribution in [2.24, 2.45) is 0 Å². The molecular formula is C13H9ClN2. The first kappa shape index (κ1) is 10.5. The largest absolute Gasteiger partial charge is 0.398 e. The Balaban J connectivity index is 2.50. The molecule has 0 aliphatic heterocycles. The molecule has 0 aromatic heterocycles. The summed E-state index contributed by atoms with van der Waals surface area (Å²) in [4.78, 5) is 0. The summed E-state index contributed by atoms with van der Waals surface area (Å²) in [7, 11) is 0. The summed E-state index contributed by atoms with van der Waals surface area (Å²) in [5.74, 6) is 0.